The zero-order valence-electron chi connectivity index (χ0n) is 16.7. The SMILES string of the molecule is Cc1ccc(NC(=O)C2Cc3ccccc3CN2C(=O)c2ccco2)cc1S(N)(=O)=O. The zero-order valence-corrected chi connectivity index (χ0v) is 17.6. The molecule has 160 valence electrons. The number of amides is 2. The van der Waals surface area contributed by atoms with Crippen LogP contribution in [-0.2, 0) is 27.8 Å². The summed E-state index contributed by atoms with van der Waals surface area (Å²) in [7, 11) is -3.94. The van der Waals surface area contributed by atoms with Gasteiger partial charge in [-0.1, -0.05) is 30.3 Å². The number of nitrogens with zero attached hydrogens (tertiary/aromatic N) is 1. The number of hydrogen-bond acceptors (Lipinski definition) is 5. The Labute approximate surface area is 179 Å². The number of anilines is 1. The number of carbonyl (C=O) groups excluding carboxylic acids is 2. The maximum Gasteiger partial charge on any atom is 0.290 e. The van der Waals surface area contributed by atoms with Gasteiger partial charge in [-0.2, -0.15) is 0 Å². The lowest BCUT2D eigenvalue weighted by atomic mass is 9.93. The van der Waals surface area contributed by atoms with Crippen LogP contribution in [0.4, 0.5) is 5.69 Å². The van der Waals surface area contributed by atoms with Crippen molar-refractivity contribution >= 4 is 27.5 Å². The maximum absolute atomic E-state index is 13.2. The van der Waals surface area contributed by atoms with Crippen LogP contribution in [0.5, 0.6) is 0 Å². The monoisotopic (exact) mass is 439 g/mol. The largest absolute Gasteiger partial charge is 0.459 e. The van der Waals surface area contributed by atoms with E-state index in [0.29, 0.717) is 12.0 Å². The molecule has 1 aliphatic rings. The summed E-state index contributed by atoms with van der Waals surface area (Å²) in [5.74, 6) is -0.684. The van der Waals surface area contributed by atoms with Gasteiger partial charge in [-0.05, 0) is 47.9 Å². The zero-order chi connectivity index (χ0) is 22.2. The number of sulfonamides is 1. The Balaban J connectivity index is 1.65. The third-order valence-corrected chi connectivity index (χ3v) is 6.36. The van der Waals surface area contributed by atoms with Crippen LogP contribution in [0.1, 0.15) is 27.2 Å². The summed E-state index contributed by atoms with van der Waals surface area (Å²) in [6, 6.07) is 14.5. The molecule has 2 aromatic carbocycles. The van der Waals surface area contributed by atoms with E-state index in [1.54, 1.807) is 31.2 Å². The molecule has 1 atom stereocenters. The molecule has 0 saturated carbocycles. The minimum Gasteiger partial charge on any atom is -0.459 e. The number of aryl methyl sites for hydroxylation is 1. The second kappa shape index (κ2) is 8.01. The van der Waals surface area contributed by atoms with Gasteiger partial charge in [-0.25, -0.2) is 13.6 Å². The van der Waals surface area contributed by atoms with Gasteiger partial charge in [-0.15, -0.1) is 0 Å². The Hall–Kier alpha value is -3.43. The Morgan fingerprint density at radius 2 is 1.84 bits per heavy atom. The molecule has 3 aromatic rings. The Bertz CT molecular complexity index is 1250. The predicted octanol–water partition coefficient (Wildman–Crippen LogP) is 2.44. The van der Waals surface area contributed by atoms with Crippen molar-refractivity contribution in [2.24, 2.45) is 5.14 Å². The van der Waals surface area contributed by atoms with E-state index in [2.05, 4.69) is 5.32 Å². The lowest BCUT2D eigenvalue weighted by Gasteiger charge is -2.35. The van der Waals surface area contributed by atoms with Crippen molar-refractivity contribution in [1.82, 2.24) is 4.90 Å². The van der Waals surface area contributed by atoms with E-state index in [4.69, 9.17) is 9.56 Å². The third-order valence-electron chi connectivity index (χ3n) is 5.31. The molecule has 2 amide bonds. The lowest BCUT2D eigenvalue weighted by molar-refractivity contribution is -0.121. The minimum absolute atomic E-state index is 0.0668. The van der Waals surface area contributed by atoms with Crippen molar-refractivity contribution in [3.05, 3.63) is 83.3 Å². The van der Waals surface area contributed by atoms with Crippen LogP contribution in [0.25, 0.3) is 0 Å². The highest BCUT2D eigenvalue weighted by Crippen LogP contribution is 2.27. The number of nitrogens with two attached hydrogens (primary N) is 1. The summed E-state index contributed by atoms with van der Waals surface area (Å²) in [4.78, 5) is 27.6. The second-order valence-corrected chi connectivity index (χ2v) is 8.94. The van der Waals surface area contributed by atoms with Crippen molar-refractivity contribution in [1.29, 1.82) is 0 Å². The summed E-state index contributed by atoms with van der Waals surface area (Å²) in [6.07, 6.45) is 1.73. The summed E-state index contributed by atoms with van der Waals surface area (Å²) >= 11 is 0. The second-order valence-electron chi connectivity index (χ2n) is 7.41. The number of fused-ring (bicyclic) bond motifs is 1. The van der Waals surface area contributed by atoms with Gasteiger partial charge in [0.15, 0.2) is 5.76 Å². The van der Waals surface area contributed by atoms with Crippen LogP contribution in [0.3, 0.4) is 0 Å². The first-order valence-corrected chi connectivity index (χ1v) is 11.1. The molecular formula is C22H21N3O5S. The van der Waals surface area contributed by atoms with Crippen LogP contribution in [0, 0.1) is 6.92 Å². The minimum atomic E-state index is -3.94. The molecule has 0 spiro atoms. The van der Waals surface area contributed by atoms with Crippen molar-refractivity contribution in [3.8, 4) is 0 Å². The predicted molar refractivity (Wildman–Crippen MR) is 114 cm³/mol. The van der Waals surface area contributed by atoms with Crippen LogP contribution >= 0.6 is 0 Å². The molecule has 0 radical (unpaired) electrons. The average molecular weight is 439 g/mol. The van der Waals surface area contributed by atoms with Crippen LogP contribution in [-0.4, -0.2) is 31.2 Å². The van der Waals surface area contributed by atoms with E-state index < -0.39 is 27.9 Å². The van der Waals surface area contributed by atoms with Crippen molar-refractivity contribution < 1.29 is 22.4 Å². The van der Waals surface area contributed by atoms with Crippen LogP contribution < -0.4 is 10.5 Å². The van der Waals surface area contributed by atoms with Gasteiger partial charge in [0.2, 0.25) is 15.9 Å². The van der Waals surface area contributed by atoms with Gasteiger partial charge in [0.05, 0.1) is 11.2 Å². The molecule has 0 saturated heterocycles. The number of furan rings is 1. The molecule has 0 bridgehead atoms. The fraction of sp³-hybridized carbons (Fsp3) is 0.182. The topological polar surface area (TPSA) is 123 Å². The molecule has 8 nitrogen and oxygen atoms in total. The maximum atomic E-state index is 13.2. The summed E-state index contributed by atoms with van der Waals surface area (Å²) < 4.78 is 28.9. The fourth-order valence-electron chi connectivity index (χ4n) is 3.72. The smallest absolute Gasteiger partial charge is 0.290 e. The number of rotatable bonds is 4. The van der Waals surface area contributed by atoms with E-state index in [1.165, 1.54) is 17.2 Å². The standard InChI is InChI=1S/C22H21N3O5S/c1-14-8-9-17(12-20(14)31(23,28)29)24-21(26)18-11-15-5-2-3-6-16(15)13-25(18)22(27)19-7-4-10-30-19/h2-10,12,18H,11,13H2,1H3,(H,24,26)(H2,23,28,29). The number of hydrogen-bond donors (Lipinski definition) is 2. The molecule has 1 aliphatic heterocycles. The van der Waals surface area contributed by atoms with E-state index in [-0.39, 0.29) is 22.9 Å². The van der Waals surface area contributed by atoms with Crippen molar-refractivity contribution in [2.45, 2.75) is 30.8 Å². The van der Waals surface area contributed by atoms with Gasteiger partial charge in [0, 0.05) is 18.7 Å². The highest BCUT2D eigenvalue weighted by molar-refractivity contribution is 7.89. The molecule has 31 heavy (non-hydrogen) atoms. The third kappa shape index (κ3) is 4.23. The summed E-state index contributed by atoms with van der Waals surface area (Å²) in [5, 5.41) is 7.99. The quantitative estimate of drug-likeness (QED) is 0.646. The van der Waals surface area contributed by atoms with E-state index in [1.807, 2.05) is 24.3 Å². The van der Waals surface area contributed by atoms with Crippen LogP contribution in [0.15, 0.2) is 70.2 Å². The average Bonchev–Trinajstić information content (AvgIpc) is 3.27. The van der Waals surface area contributed by atoms with Gasteiger partial charge in [0.1, 0.15) is 6.04 Å². The molecule has 4 rings (SSSR count). The molecule has 9 heteroatoms. The molecule has 0 fully saturated rings. The number of benzene rings is 2. The van der Waals surface area contributed by atoms with E-state index in [0.717, 1.165) is 11.1 Å². The first-order chi connectivity index (χ1) is 14.7. The van der Waals surface area contributed by atoms with Gasteiger partial charge >= 0.3 is 0 Å². The first-order valence-electron chi connectivity index (χ1n) is 9.59. The molecular weight excluding hydrogens is 418 g/mol. The lowest BCUT2D eigenvalue weighted by Crippen LogP contribution is -2.50. The van der Waals surface area contributed by atoms with Gasteiger partial charge in [0.25, 0.3) is 5.91 Å². The van der Waals surface area contributed by atoms with Gasteiger partial charge < -0.3 is 14.6 Å². The summed E-state index contributed by atoms with van der Waals surface area (Å²) in [5.41, 5.74) is 2.68. The van der Waals surface area contributed by atoms with E-state index >= 15 is 0 Å². The number of primary sulfonamides is 1. The fourth-order valence-corrected chi connectivity index (χ4v) is 4.53. The normalized spacial score (nSPS) is 15.9. The van der Waals surface area contributed by atoms with Crippen molar-refractivity contribution in [3.63, 3.8) is 0 Å². The molecule has 1 aromatic heterocycles. The number of carbonyl (C=O) groups is 2. The van der Waals surface area contributed by atoms with E-state index in [9.17, 15) is 18.0 Å². The van der Waals surface area contributed by atoms with Crippen LogP contribution in [0.2, 0.25) is 0 Å². The Morgan fingerprint density at radius 3 is 2.52 bits per heavy atom. The first kappa shape index (κ1) is 20.8. The molecule has 0 aliphatic carbocycles. The highest BCUT2D eigenvalue weighted by Gasteiger charge is 2.36. The molecule has 3 N–H and O–H groups in total. The van der Waals surface area contributed by atoms with Gasteiger partial charge in [-0.3, -0.25) is 9.59 Å². The molecule has 2 heterocycles. The van der Waals surface area contributed by atoms with Crippen molar-refractivity contribution in [2.75, 3.05) is 5.32 Å². The highest BCUT2D eigenvalue weighted by atomic mass is 32.2. The summed E-state index contributed by atoms with van der Waals surface area (Å²) in [6.45, 7) is 1.87. The molecule has 1 unspecified atom stereocenters. The Kier molecular flexibility index (Phi) is 5.38. The Morgan fingerprint density at radius 1 is 1.10 bits per heavy atom. The number of nitrogens with one attached hydrogen (secondary N) is 1.